The molecular formula is C15H17NO. The van der Waals surface area contributed by atoms with Crippen LogP contribution >= 0.6 is 0 Å². The van der Waals surface area contributed by atoms with Crippen molar-refractivity contribution in [2.45, 2.75) is 13.3 Å². The van der Waals surface area contributed by atoms with Gasteiger partial charge in [0.25, 0.3) is 0 Å². The number of anilines is 1. The highest BCUT2D eigenvalue weighted by molar-refractivity contribution is 5.51. The van der Waals surface area contributed by atoms with Crippen molar-refractivity contribution in [2.75, 3.05) is 12.3 Å². The van der Waals surface area contributed by atoms with Crippen LogP contribution in [-0.2, 0) is 6.42 Å². The molecule has 2 aromatic carbocycles. The molecule has 0 saturated heterocycles. The van der Waals surface area contributed by atoms with Crippen LogP contribution in [0.25, 0.3) is 0 Å². The monoisotopic (exact) mass is 227 g/mol. The summed E-state index contributed by atoms with van der Waals surface area (Å²) in [7, 11) is 0. The van der Waals surface area contributed by atoms with E-state index in [0.717, 1.165) is 12.2 Å². The van der Waals surface area contributed by atoms with Gasteiger partial charge < -0.3 is 10.5 Å². The zero-order valence-electron chi connectivity index (χ0n) is 10.0. The maximum atomic E-state index is 5.80. The Morgan fingerprint density at radius 2 is 1.88 bits per heavy atom. The quantitative estimate of drug-likeness (QED) is 0.814. The van der Waals surface area contributed by atoms with E-state index in [-0.39, 0.29) is 0 Å². The van der Waals surface area contributed by atoms with Gasteiger partial charge in [0.2, 0.25) is 0 Å². The lowest BCUT2D eigenvalue weighted by Gasteiger charge is -2.08. The molecule has 0 amide bonds. The number of hydrogen-bond acceptors (Lipinski definition) is 2. The molecule has 0 aliphatic heterocycles. The molecule has 0 unspecified atom stereocenters. The highest BCUT2D eigenvalue weighted by atomic mass is 16.5. The standard InChI is InChI=1S/C15H17NO/c1-12-5-4-6-13(11-12)9-10-17-15-8-3-2-7-14(15)16/h2-8,11H,9-10,16H2,1H3. The summed E-state index contributed by atoms with van der Waals surface area (Å²) in [6, 6.07) is 16.0. The van der Waals surface area contributed by atoms with Crippen molar-refractivity contribution < 1.29 is 4.74 Å². The Balaban J connectivity index is 1.90. The van der Waals surface area contributed by atoms with Gasteiger partial charge in [-0.1, -0.05) is 42.0 Å². The van der Waals surface area contributed by atoms with E-state index in [9.17, 15) is 0 Å². The van der Waals surface area contributed by atoms with Crippen molar-refractivity contribution in [3.8, 4) is 5.75 Å². The SMILES string of the molecule is Cc1cccc(CCOc2ccccc2N)c1. The smallest absolute Gasteiger partial charge is 0.142 e. The summed E-state index contributed by atoms with van der Waals surface area (Å²) < 4.78 is 5.66. The highest BCUT2D eigenvalue weighted by Gasteiger charge is 1.99. The Bertz CT molecular complexity index is 494. The van der Waals surface area contributed by atoms with Crippen LogP contribution in [0, 0.1) is 6.92 Å². The Kier molecular flexibility index (Phi) is 3.66. The third kappa shape index (κ3) is 3.25. The Morgan fingerprint density at radius 3 is 2.65 bits per heavy atom. The van der Waals surface area contributed by atoms with Crippen LogP contribution in [0.1, 0.15) is 11.1 Å². The van der Waals surface area contributed by atoms with Crippen LogP contribution in [0.5, 0.6) is 5.75 Å². The van der Waals surface area contributed by atoms with Gasteiger partial charge in [0.05, 0.1) is 12.3 Å². The van der Waals surface area contributed by atoms with Crippen LogP contribution in [0.15, 0.2) is 48.5 Å². The van der Waals surface area contributed by atoms with Crippen LogP contribution < -0.4 is 10.5 Å². The second kappa shape index (κ2) is 5.39. The summed E-state index contributed by atoms with van der Waals surface area (Å²) in [6.45, 7) is 2.75. The van der Waals surface area contributed by atoms with Crippen LogP contribution in [0.2, 0.25) is 0 Å². The molecule has 0 radical (unpaired) electrons. The van der Waals surface area contributed by atoms with Gasteiger partial charge in [0.1, 0.15) is 5.75 Å². The number of nitrogen functional groups attached to an aromatic ring is 1. The number of rotatable bonds is 4. The Labute approximate surface area is 102 Å². The molecule has 2 heteroatoms. The number of para-hydroxylation sites is 2. The zero-order valence-corrected chi connectivity index (χ0v) is 10.0. The molecule has 0 atom stereocenters. The summed E-state index contributed by atoms with van der Waals surface area (Å²) in [5, 5.41) is 0. The van der Waals surface area contributed by atoms with Crippen LogP contribution in [0.4, 0.5) is 5.69 Å². The highest BCUT2D eigenvalue weighted by Crippen LogP contribution is 2.19. The molecule has 0 bridgehead atoms. The molecule has 0 aliphatic carbocycles. The average molecular weight is 227 g/mol. The Hall–Kier alpha value is -1.96. The van der Waals surface area contributed by atoms with E-state index in [0.29, 0.717) is 12.3 Å². The first-order valence-electron chi connectivity index (χ1n) is 5.78. The van der Waals surface area contributed by atoms with E-state index in [1.165, 1.54) is 11.1 Å². The zero-order chi connectivity index (χ0) is 12.1. The third-order valence-electron chi connectivity index (χ3n) is 2.65. The van der Waals surface area contributed by atoms with E-state index >= 15 is 0 Å². The van der Waals surface area contributed by atoms with Crippen molar-refractivity contribution in [3.05, 3.63) is 59.7 Å². The van der Waals surface area contributed by atoms with E-state index in [4.69, 9.17) is 10.5 Å². The van der Waals surface area contributed by atoms with Crippen LogP contribution in [0.3, 0.4) is 0 Å². The van der Waals surface area contributed by atoms with Gasteiger partial charge >= 0.3 is 0 Å². The largest absolute Gasteiger partial charge is 0.491 e. The minimum Gasteiger partial charge on any atom is -0.491 e. The van der Waals surface area contributed by atoms with Crippen molar-refractivity contribution >= 4 is 5.69 Å². The predicted octanol–water partition coefficient (Wildman–Crippen LogP) is 3.20. The molecule has 0 saturated carbocycles. The average Bonchev–Trinajstić information content (AvgIpc) is 2.32. The fraction of sp³-hybridized carbons (Fsp3) is 0.200. The summed E-state index contributed by atoms with van der Waals surface area (Å²) >= 11 is 0. The molecule has 0 fully saturated rings. The molecule has 0 aromatic heterocycles. The van der Waals surface area contributed by atoms with Crippen LogP contribution in [-0.4, -0.2) is 6.61 Å². The molecular weight excluding hydrogens is 210 g/mol. The molecule has 88 valence electrons. The molecule has 0 aliphatic rings. The summed E-state index contributed by atoms with van der Waals surface area (Å²) in [5.41, 5.74) is 9.06. The van der Waals surface area contributed by atoms with Gasteiger partial charge in [-0.3, -0.25) is 0 Å². The number of aryl methyl sites for hydroxylation is 1. The number of hydrogen-bond donors (Lipinski definition) is 1. The second-order valence-corrected chi connectivity index (χ2v) is 4.13. The fourth-order valence-corrected chi connectivity index (χ4v) is 1.76. The summed E-state index contributed by atoms with van der Waals surface area (Å²) in [4.78, 5) is 0. The minimum atomic E-state index is 0.650. The topological polar surface area (TPSA) is 35.2 Å². The fourth-order valence-electron chi connectivity index (χ4n) is 1.76. The molecule has 2 aromatic rings. The van der Waals surface area contributed by atoms with Gasteiger partial charge in [-0.15, -0.1) is 0 Å². The Morgan fingerprint density at radius 1 is 1.06 bits per heavy atom. The number of ether oxygens (including phenoxy) is 1. The van der Waals surface area contributed by atoms with Crippen molar-refractivity contribution in [1.82, 2.24) is 0 Å². The summed E-state index contributed by atoms with van der Waals surface area (Å²) in [6.07, 6.45) is 0.899. The molecule has 2 rings (SSSR count). The molecule has 2 N–H and O–H groups in total. The maximum absolute atomic E-state index is 5.80. The van der Waals surface area contributed by atoms with Gasteiger partial charge in [-0.05, 0) is 24.6 Å². The third-order valence-corrected chi connectivity index (χ3v) is 2.65. The van der Waals surface area contributed by atoms with Crippen molar-refractivity contribution in [1.29, 1.82) is 0 Å². The second-order valence-electron chi connectivity index (χ2n) is 4.13. The first-order chi connectivity index (χ1) is 8.25. The van der Waals surface area contributed by atoms with E-state index < -0.39 is 0 Å². The lowest BCUT2D eigenvalue weighted by atomic mass is 10.1. The first kappa shape index (κ1) is 11.5. The normalized spacial score (nSPS) is 10.2. The molecule has 0 spiro atoms. The van der Waals surface area contributed by atoms with E-state index in [1.807, 2.05) is 24.3 Å². The summed E-state index contributed by atoms with van der Waals surface area (Å²) in [5.74, 6) is 0.764. The minimum absolute atomic E-state index is 0.650. The van der Waals surface area contributed by atoms with Gasteiger partial charge in [-0.2, -0.15) is 0 Å². The molecule has 17 heavy (non-hydrogen) atoms. The first-order valence-corrected chi connectivity index (χ1v) is 5.78. The molecule has 0 heterocycles. The lowest BCUT2D eigenvalue weighted by Crippen LogP contribution is -2.03. The molecule has 2 nitrogen and oxygen atoms in total. The number of nitrogens with two attached hydrogens (primary N) is 1. The predicted molar refractivity (Wildman–Crippen MR) is 71.2 cm³/mol. The van der Waals surface area contributed by atoms with Crippen molar-refractivity contribution in [3.63, 3.8) is 0 Å². The van der Waals surface area contributed by atoms with E-state index in [1.54, 1.807) is 0 Å². The van der Waals surface area contributed by atoms with E-state index in [2.05, 4.69) is 31.2 Å². The maximum Gasteiger partial charge on any atom is 0.142 e. The van der Waals surface area contributed by atoms with Gasteiger partial charge in [0.15, 0.2) is 0 Å². The van der Waals surface area contributed by atoms with Gasteiger partial charge in [-0.25, -0.2) is 0 Å². The van der Waals surface area contributed by atoms with Gasteiger partial charge in [0, 0.05) is 6.42 Å². The number of benzene rings is 2. The lowest BCUT2D eigenvalue weighted by molar-refractivity contribution is 0.323. The van der Waals surface area contributed by atoms with Crippen molar-refractivity contribution in [2.24, 2.45) is 0 Å².